The molecule has 0 aliphatic heterocycles. The van der Waals surface area contributed by atoms with Crippen molar-refractivity contribution in [3.8, 4) is 0 Å². The summed E-state index contributed by atoms with van der Waals surface area (Å²) in [6.45, 7) is 1.77. The first kappa shape index (κ1) is 14.3. The van der Waals surface area contributed by atoms with Crippen molar-refractivity contribution in [2.24, 2.45) is 0 Å². The zero-order valence-corrected chi connectivity index (χ0v) is 12.5. The number of aryl methyl sites for hydroxylation is 1. The molecule has 112 valence electrons. The lowest BCUT2D eigenvalue weighted by atomic mass is 10.1. The van der Waals surface area contributed by atoms with Crippen molar-refractivity contribution < 1.29 is 9.32 Å². The number of nitrogens with zero attached hydrogens (tertiary/aromatic N) is 3. The van der Waals surface area contributed by atoms with Crippen LogP contribution >= 0.6 is 11.8 Å². The minimum absolute atomic E-state index is 0.201. The summed E-state index contributed by atoms with van der Waals surface area (Å²) in [6, 6.07) is 11.1. The van der Waals surface area contributed by atoms with E-state index >= 15 is 0 Å². The average Bonchev–Trinajstić information content (AvgIpc) is 3.17. The molecule has 0 unspecified atom stereocenters. The van der Waals surface area contributed by atoms with E-state index in [1.165, 1.54) is 11.8 Å². The Bertz CT molecular complexity index is 742. The summed E-state index contributed by atoms with van der Waals surface area (Å²) < 4.78 is 4.96. The number of nitrogens with one attached hydrogen (secondary N) is 2. The number of hydrogen-bond donors (Lipinski definition) is 2. The van der Waals surface area contributed by atoms with Crippen LogP contribution in [0.1, 0.15) is 16.6 Å². The van der Waals surface area contributed by atoms with Crippen molar-refractivity contribution in [2.75, 3.05) is 5.32 Å². The number of carbonyl (C=O) groups is 1. The SMILES string of the molecule is Cc1cc(NC(=O)[C@H](Sc2cn[nH]n2)c2ccccc2)no1. The molecule has 2 heterocycles. The minimum Gasteiger partial charge on any atom is -0.360 e. The van der Waals surface area contributed by atoms with Crippen LogP contribution in [0.15, 0.2) is 52.1 Å². The van der Waals surface area contributed by atoms with Gasteiger partial charge in [-0.15, -0.1) is 5.10 Å². The van der Waals surface area contributed by atoms with Gasteiger partial charge in [0.25, 0.3) is 0 Å². The van der Waals surface area contributed by atoms with E-state index in [4.69, 9.17) is 4.52 Å². The first-order chi connectivity index (χ1) is 10.7. The quantitative estimate of drug-likeness (QED) is 0.702. The van der Waals surface area contributed by atoms with Crippen molar-refractivity contribution in [3.05, 3.63) is 53.9 Å². The number of amides is 1. The number of carbonyl (C=O) groups excluding carboxylic acids is 1. The fourth-order valence-electron chi connectivity index (χ4n) is 1.89. The molecular formula is C14H13N5O2S. The second-order valence-corrected chi connectivity index (χ2v) is 5.65. The number of H-pyrrole nitrogens is 1. The summed E-state index contributed by atoms with van der Waals surface area (Å²) in [5.41, 5.74) is 0.869. The smallest absolute Gasteiger partial charge is 0.243 e. The van der Waals surface area contributed by atoms with E-state index in [0.717, 1.165) is 5.56 Å². The van der Waals surface area contributed by atoms with Crippen LogP contribution in [-0.2, 0) is 4.79 Å². The number of thioether (sulfide) groups is 1. The Hall–Kier alpha value is -2.61. The molecule has 7 nitrogen and oxygen atoms in total. The van der Waals surface area contributed by atoms with Gasteiger partial charge in [0.15, 0.2) is 5.82 Å². The van der Waals surface area contributed by atoms with E-state index in [1.807, 2.05) is 30.3 Å². The highest BCUT2D eigenvalue weighted by atomic mass is 32.2. The van der Waals surface area contributed by atoms with Gasteiger partial charge >= 0.3 is 0 Å². The predicted octanol–water partition coefficient (Wildman–Crippen LogP) is 2.57. The van der Waals surface area contributed by atoms with E-state index in [0.29, 0.717) is 16.6 Å². The van der Waals surface area contributed by atoms with Crippen molar-refractivity contribution in [1.29, 1.82) is 0 Å². The summed E-state index contributed by atoms with van der Waals surface area (Å²) in [5.74, 6) is 0.826. The van der Waals surface area contributed by atoms with Crippen molar-refractivity contribution in [3.63, 3.8) is 0 Å². The standard InChI is InChI=1S/C14H13N5O2S/c1-9-7-11(18-21-9)16-14(20)13(10-5-3-2-4-6-10)22-12-8-15-19-17-12/h2-8,13H,1H3,(H,15,17,19)(H,16,18,20)/t13-/m1/s1. The largest absolute Gasteiger partial charge is 0.360 e. The van der Waals surface area contributed by atoms with Crippen molar-refractivity contribution >= 4 is 23.5 Å². The zero-order chi connectivity index (χ0) is 15.4. The molecule has 0 saturated carbocycles. The molecule has 2 N–H and O–H groups in total. The first-order valence-electron chi connectivity index (χ1n) is 6.54. The van der Waals surface area contributed by atoms with Gasteiger partial charge in [0.2, 0.25) is 5.91 Å². The second-order valence-electron chi connectivity index (χ2n) is 4.53. The van der Waals surface area contributed by atoms with Gasteiger partial charge in [-0.25, -0.2) is 0 Å². The maximum Gasteiger partial charge on any atom is 0.243 e. The molecule has 1 atom stereocenters. The molecule has 22 heavy (non-hydrogen) atoms. The molecule has 0 spiro atoms. The van der Waals surface area contributed by atoms with E-state index in [9.17, 15) is 4.79 Å². The lowest BCUT2D eigenvalue weighted by Crippen LogP contribution is -2.19. The van der Waals surface area contributed by atoms with Gasteiger partial charge in [0.05, 0.1) is 6.20 Å². The number of aromatic amines is 1. The maximum absolute atomic E-state index is 12.6. The van der Waals surface area contributed by atoms with Crippen LogP contribution < -0.4 is 5.32 Å². The molecule has 0 bridgehead atoms. The third-order valence-electron chi connectivity index (χ3n) is 2.85. The Morgan fingerprint density at radius 1 is 1.36 bits per heavy atom. The van der Waals surface area contributed by atoms with Crippen LogP contribution in [-0.4, -0.2) is 26.5 Å². The molecule has 1 aromatic carbocycles. The van der Waals surface area contributed by atoms with E-state index in [2.05, 4.69) is 25.9 Å². The van der Waals surface area contributed by atoms with Crippen LogP contribution in [0.25, 0.3) is 0 Å². The second kappa shape index (κ2) is 6.44. The highest BCUT2D eigenvalue weighted by molar-refractivity contribution is 8.00. The van der Waals surface area contributed by atoms with E-state index in [-0.39, 0.29) is 5.91 Å². The number of rotatable bonds is 5. The summed E-state index contributed by atoms with van der Waals surface area (Å²) in [6.07, 6.45) is 1.58. The lowest BCUT2D eigenvalue weighted by Gasteiger charge is -2.14. The van der Waals surface area contributed by atoms with Crippen LogP contribution in [0.3, 0.4) is 0 Å². The van der Waals surface area contributed by atoms with Gasteiger partial charge < -0.3 is 9.84 Å². The van der Waals surface area contributed by atoms with Crippen LogP contribution in [0.5, 0.6) is 0 Å². The van der Waals surface area contributed by atoms with Crippen LogP contribution in [0.4, 0.5) is 5.82 Å². The Labute approximate surface area is 130 Å². The van der Waals surface area contributed by atoms with Gasteiger partial charge in [0, 0.05) is 6.07 Å². The third kappa shape index (κ3) is 3.34. The zero-order valence-electron chi connectivity index (χ0n) is 11.7. The Morgan fingerprint density at radius 2 is 2.18 bits per heavy atom. The van der Waals surface area contributed by atoms with Crippen molar-refractivity contribution in [2.45, 2.75) is 17.2 Å². The highest BCUT2D eigenvalue weighted by Crippen LogP contribution is 2.34. The number of benzene rings is 1. The summed E-state index contributed by atoms with van der Waals surface area (Å²) >= 11 is 1.31. The molecule has 1 amide bonds. The number of aromatic nitrogens is 4. The summed E-state index contributed by atoms with van der Waals surface area (Å²) in [5, 5.41) is 17.0. The molecule has 3 rings (SSSR count). The van der Waals surface area contributed by atoms with Gasteiger partial charge in [-0.2, -0.15) is 10.3 Å². The molecule has 0 saturated heterocycles. The van der Waals surface area contributed by atoms with Gasteiger partial charge in [-0.3, -0.25) is 4.79 Å². The Kier molecular flexibility index (Phi) is 4.19. The Morgan fingerprint density at radius 3 is 2.82 bits per heavy atom. The summed E-state index contributed by atoms with van der Waals surface area (Å²) in [7, 11) is 0. The number of anilines is 1. The fourth-order valence-corrected chi connectivity index (χ4v) is 2.79. The van der Waals surface area contributed by atoms with Crippen LogP contribution in [0.2, 0.25) is 0 Å². The number of hydrogen-bond acceptors (Lipinski definition) is 6. The average molecular weight is 315 g/mol. The highest BCUT2D eigenvalue weighted by Gasteiger charge is 2.24. The monoisotopic (exact) mass is 315 g/mol. The molecule has 2 aromatic heterocycles. The van der Waals surface area contributed by atoms with Gasteiger partial charge in [0.1, 0.15) is 16.0 Å². The maximum atomic E-state index is 12.6. The van der Waals surface area contributed by atoms with E-state index < -0.39 is 5.25 Å². The molecule has 0 aliphatic rings. The Balaban J connectivity index is 1.82. The normalized spacial score (nSPS) is 12.0. The van der Waals surface area contributed by atoms with Gasteiger partial charge in [-0.05, 0) is 12.5 Å². The van der Waals surface area contributed by atoms with E-state index in [1.54, 1.807) is 19.2 Å². The molecule has 3 aromatic rings. The van der Waals surface area contributed by atoms with Gasteiger partial charge in [-0.1, -0.05) is 47.3 Å². The van der Waals surface area contributed by atoms with Crippen LogP contribution in [0, 0.1) is 6.92 Å². The lowest BCUT2D eigenvalue weighted by molar-refractivity contribution is -0.115. The molecule has 0 aliphatic carbocycles. The van der Waals surface area contributed by atoms with Crippen molar-refractivity contribution in [1.82, 2.24) is 20.6 Å². The summed E-state index contributed by atoms with van der Waals surface area (Å²) in [4.78, 5) is 12.6. The molecule has 0 radical (unpaired) electrons. The predicted molar refractivity (Wildman–Crippen MR) is 81.3 cm³/mol. The first-order valence-corrected chi connectivity index (χ1v) is 7.42. The minimum atomic E-state index is -0.469. The molecule has 8 heteroatoms. The molecule has 0 fully saturated rings. The molecular weight excluding hydrogens is 302 g/mol. The fraction of sp³-hybridized carbons (Fsp3) is 0.143. The topological polar surface area (TPSA) is 96.7 Å². The third-order valence-corrected chi connectivity index (χ3v) is 4.01.